The van der Waals surface area contributed by atoms with E-state index in [0.717, 1.165) is 17.1 Å². The molecule has 2 aliphatic rings. The fourth-order valence-corrected chi connectivity index (χ4v) is 10.3. The zero-order chi connectivity index (χ0) is 39.6. The fraction of sp³-hybridized carbons (Fsp3) is 0.0690. The number of anilines is 3. The molecule has 0 amide bonds. The Morgan fingerprint density at radius 2 is 0.797 bits per heavy atom. The summed E-state index contributed by atoms with van der Waals surface area (Å²) in [6, 6.07) is 83.0. The number of hydrogen-bond donors (Lipinski definition) is 0. The van der Waals surface area contributed by atoms with Gasteiger partial charge in [-0.15, -0.1) is 0 Å². The first-order valence-corrected chi connectivity index (χ1v) is 20.7. The van der Waals surface area contributed by atoms with E-state index in [1.807, 2.05) is 0 Å². The predicted molar refractivity (Wildman–Crippen MR) is 247 cm³/mol. The number of hydrogen-bond acceptors (Lipinski definition) is 1. The van der Waals surface area contributed by atoms with Gasteiger partial charge in [0, 0.05) is 22.4 Å². The molecule has 9 aromatic carbocycles. The van der Waals surface area contributed by atoms with Gasteiger partial charge >= 0.3 is 0 Å². The summed E-state index contributed by atoms with van der Waals surface area (Å²) >= 11 is 0. The lowest BCUT2D eigenvalue weighted by Crippen LogP contribution is -2.28. The molecule has 0 spiro atoms. The first-order chi connectivity index (χ1) is 29.0. The van der Waals surface area contributed by atoms with Crippen LogP contribution in [0, 0.1) is 0 Å². The molecule has 280 valence electrons. The maximum Gasteiger partial charge on any atom is 0.0714 e. The first kappa shape index (κ1) is 35.0. The zero-order valence-corrected chi connectivity index (χ0v) is 33.3. The minimum atomic E-state index is -0.509. The van der Waals surface area contributed by atoms with E-state index in [1.165, 1.54) is 77.9 Å². The van der Waals surface area contributed by atoms with Gasteiger partial charge in [0.25, 0.3) is 0 Å². The lowest BCUT2D eigenvalue weighted by Gasteiger charge is -2.35. The molecule has 0 atom stereocenters. The van der Waals surface area contributed by atoms with E-state index in [9.17, 15) is 0 Å². The van der Waals surface area contributed by atoms with Crippen LogP contribution in [0.5, 0.6) is 0 Å². The summed E-state index contributed by atoms with van der Waals surface area (Å²) in [7, 11) is 0. The van der Waals surface area contributed by atoms with E-state index in [0.29, 0.717) is 0 Å². The molecule has 0 fully saturated rings. The van der Waals surface area contributed by atoms with Crippen molar-refractivity contribution in [1.82, 2.24) is 0 Å². The quantitative estimate of drug-likeness (QED) is 0.157. The predicted octanol–water partition coefficient (Wildman–Crippen LogP) is 15.2. The van der Waals surface area contributed by atoms with Crippen molar-refractivity contribution in [3.63, 3.8) is 0 Å². The van der Waals surface area contributed by atoms with Gasteiger partial charge in [0.1, 0.15) is 0 Å². The van der Waals surface area contributed by atoms with Gasteiger partial charge in [0.05, 0.1) is 11.1 Å². The molecule has 2 aliphatic carbocycles. The van der Waals surface area contributed by atoms with Crippen LogP contribution in [-0.2, 0) is 10.8 Å². The molecule has 0 heterocycles. The normalized spacial score (nSPS) is 13.9. The second kappa shape index (κ2) is 13.7. The highest BCUT2D eigenvalue weighted by Gasteiger charge is 2.46. The molecule has 11 rings (SSSR count). The maximum absolute atomic E-state index is 2.50. The van der Waals surface area contributed by atoms with Crippen LogP contribution >= 0.6 is 0 Å². The van der Waals surface area contributed by atoms with Crippen molar-refractivity contribution in [3.8, 4) is 44.5 Å². The standard InChI is InChI=1S/C58H43N/c1-57(2)53-36-20-33-46(40-21-7-3-8-22-40)56(53)50-38-49(41-23-9-4-10-24-41)55(39-54(50)57)59(44-28-13-6-14-29-44)45-30-19-27-43(37-45)58(42-25-11-5-12-26-42)51-34-17-15-31-47(51)48-32-16-18-35-52(48)58/h3-39H,1-2H3. The van der Waals surface area contributed by atoms with Crippen LogP contribution in [0.3, 0.4) is 0 Å². The maximum atomic E-state index is 2.50. The molecule has 0 unspecified atom stereocenters. The molecule has 1 nitrogen and oxygen atoms in total. The smallest absolute Gasteiger partial charge is 0.0714 e. The molecule has 0 N–H and O–H groups in total. The molecule has 0 saturated heterocycles. The Balaban J connectivity index is 1.19. The highest BCUT2D eigenvalue weighted by atomic mass is 15.1. The van der Waals surface area contributed by atoms with Crippen molar-refractivity contribution in [2.75, 3.05) is 4.90 Å². The van der Waals surface area contributed by atoms with Gasteiger partial charge in [-0.25, -0.2) is 0 Å². The van der Waals surface area contributed by atoms with Gasteiger partial charge < -0.3 is 4.90 Å². The Morgan fingerprint density at radius 3 is 1.44 bits per heavy atom. The summed E-state index contributed by atoms with van der Waals surface area (Å²) in [5, 5.41) is 0. The minimum Gasteiger partial charge on any atom is -0.310 e. The summed E-state index contributed by atoms with van der Waals surface area (Å²) in [6.07, 6.45) is 0. The van der Waals surface area contributed by atoms with Gasteiger partial charge in [0.2, 0.25) is 0 Å². The molecule has 9 aromatic rings. The lowest BCUT2D eigenvalue weighted by molar-refractivity contribution is 0.660. The summed E-state index contributed by atoms with van der Waals surface area (Å²) in [4.78, 5) is 2.49. The van der Waals surface area contributed by atoms with Crippen LogP contribution < -0.4 is 4.90 Å². The number of rotatable bonds is 7. The number of fused-ring (bicyclic) bond motifs is 6. The van der Waals surface area contributed by atoms with E-state index in [4.69, 9.17) is 0 Å². The third-order valence-corrected chi connectivity index (χ3v) is 12.9. The average molecular weight is 754 g/mol. The van der Waals surface area contributed by atoms with Crippen molar-refractivity contribution in [1.29, 1.82) is 0 Å². The van der Waals surface area contributed by atoms with E-state index in [-0.39, 0.29) is 5.41 Å². The van der Waals surface area contributed by atoms with Crippen LogP contribution in [0.1, 0.15) is 47.2 Å². The minimum absolute atomic E-state index is 0.224. The van der Waals surface area contributed by atoms with Crippen molar-refractivity contribution in [2.45, 2.75) is 24.7 Å². The largest absolute Gasteiger partial charge is 0.310 e. The highest BCUT2D eigenvalue weighted by molar-refractivity contribution is 5.99. The summed E-state index contributed by atoms with van der Waals surface area (Å²) in [6.45, 7) is 4.79. The Labute approximate surface area is 347 Å². The molecule has 59 heavy (non-hydrogen) atoms. The Kier molecular flexibility index (Phi) is 8.13. The summed E-state index contributed by atoms with van der Waals surface area (Å²) in [5.74, 6) is 0. The molecule has 0 aliphatic heterocycles. The van der Waals surface area contributed by atoms with Crippen molar-refractivity contribution >= 4 is 17.1 Å². The molecular weight excluding hydrogens is 711 g/mol. The Hall–Kier alpha value is -7.22. The second-order valence-electron chi connectivity index (χ2n) is 16.4. The van der Waals surface area contributed by atoms with E-state index < -0.39 is 5.41 Å². The molecular formula is C58H43N. The van der Waals surface area contributed by atoms with Gasteiger partial charge in [-0.1, -0.05) is 202 Å². The number of nitrogens with zero attached hydrogens (tertiary/aromatic N) is 1. The van der Waals surface area contributed by atoms with Crippen LogP contribution in [0.25, 0.3) is 44.5 Å². The van der Waals surface area contributed by atoms with Gasteiger partial charge in [-0.2, -0.15) is 0 Å². The van der Waals surface area contributed by atoms with Crippen LogP contribution in [-0.4, -0.2) is 0 Å². The van der Waals surface area contributed by atoms with Crippen molar-refractivity contribution < 1.29 is 0 Å². The van der Waals surface area contributed by atoms with Crippen molar-refractivity contribution in [2.24, 2.45) is 0 Å². The zero-order valence-electron chi connectivity index (χ0n) is 33.3. The van der Waals surface area contributed by atoms with Crippen LogP contribution in [0.4, 0.5) is 17.1 Å². The Morgan fingerprint density at radius 1 is 0.322 bits per heavy atom. The number of para-hydroxylation sites is 1. The fourth-order valence-electron chi connectivity index (χ4n) is 10.3. The molecule has 0 aromatic heterocycles. The lowest BCUT2D eigenvalue weighted by atomic mass is 9.67. The summed E-state index contributed by atoms with van der Waals surface area (Å²) in [5.41, 5.74) is 20.6. The molecule has 0 bridgehead atoms. The van der Waals surface area contributed by atoms with Gasteiger partial charge in [0.15, 0.2) is 0 Å². The third-order valence-electron chi connectivity index (χ3n) is 12.9. The van der Waals surface area contributed by atoms with E-state index >= 15 is 0 Å². The third kappa shape index (κ3) is 5.31. The number of benzene rings is 9. The average Bonchev–Trinajstić information content (AvgIpc) is 3.73. The van der Waals surface area contributed by atoms with Gasteiger partial charge in [-0.05, 0) is 109 Å². The molecule has 0 saturated carbocycles. The van der Waals surface area contributed by atoms with Crippen LogP contribution in [0.2, 0.25) is 0 Å². The SMILES string of the molecule is CC1(C)c2cc(N(c3ccccc3)c3cccc(C4(c5ccccc5)c5ccccc5-c5ccccc54)c3)c(-c3ccccc3)cc2-c2c(-c3ccccc3)cccc21. The molecule has 1 heteroatoms. The topological polar surface area (TPSA) is 3.24 Å². The van der Waals surface area contributed by atoms with E-state index in [2.05, 4.69) is 243 Å². The Bertz CT molecular complexity index is 2950. The van der Waals surface area contributed by atoms with Crippen molar-refractivity contribution in [3.05, 3.63) is 258 Å². The monoisotopic (exact) mass is 753 g/mol. The summed E-state index contributed by atoms with van der Waals surface area (Å²) < 4.78 is 0. The van der Waals surface area contributed by atoms with Gasteiger partial charge in [-0.3, -0.25) is 0 Å². The first-order valence-electron chi connectivity index (χ1n) is 20.7. The second-order valence-corrected chi connectivity index (χ2v) is 16.4. The van der Waals surface area contributed by atoms with Crippen LogP contribution in [0.15, 0.2) is 224 Å². The highest BCUT2D eigenvalue weighted by Crippen LogP contribution is 2.58. The van der Waals surface area contributed by atoms with E-state index in [1.54, 1.807) is 0 Å². The molecule has 0 radical (unpaired) electrons.